The van der Waals surface area contributed by atoms with E-state index in [2.05, 4.69) is 15.0 Å². The minimum atomic E-state index is -3.71. The van der Waals surface area contributed by atoms with Crippen LogP contribution in [0.15, 0.2) is 58.8 Å². The minimum Gasteiger partial charge on any atom is -0.497 e. The summed E-state index contributed by atoms with van der Waals surface area (Å²) in [4.78, 5) is 16.5. The second-order valence-electron chi connectivity index (χ2n) is 6.69. The maximum atomic E-state index is 12.4. The number of nitrogens with zero attached hydrogens (tertiary/aromatic N) is 1. The van der Waals surface area contributed by atoms with Crippen LogP contribution in [0.2, 0.25) is 0 Å². The van der Waals surface area contributed by atoms with E-state index in [1.165, 1.54) is 0 Å². The summed E-state index contributed by atoms with van der Waals surface area (Å²) >= 11 is 1.15. The summed E-state index contributed by atoms with van der Waals surface area (Å²) in [5.41, 5.74) is 2.56. The number of ether oxygens (including phenoxy) is 1. The molecule has 3 rings (SSSR count). The molecule has 0 aliphatic carbocycles. The summed E-state index contributed by atoms with van der Waals surface area (Å²) < 4.78 is 32.5. The third-order valence-corrected chi connectivity index (χ3v) is 6.61. The predicted molar refractivity (Wildman–Crippen MR) is 118 cm³/mol. The number of hydrogen-bond donors (Lipinski definition) is 2. The molecule has 0 unspecified atom stereocenters. The predicted octanol–water partition coefficient (Wildman–Crippen LogP) is 3.16. The van der Waals surface area contributed by atoms with Crippen molar-refractivity contribution < 1.29 is 17.9 Å². The van der Waals surface area contributed by atoms with Crippen molar-refractivity contribution in [1.82, 2.24) is 10.3 Å². The van der Waals surface area contributed by atoms with Gasteiger partial charge in [-0.1, -0.05) is 29.8 Å². The minimum absolute atomic E-state index is 0.0842. The van der Waals surface area contributed by atoms with E-state index in [1.54, 1.807) is 36.8 Å². The van der Waals surface area contributed by atoms with Gasteiger partial charge in [0.2, 0.25) is 5.91 Å². The molecular weight excluding hydrogens is 422 g/mol. The second-order valence-corrected chi connectivity index (χ2v) is 9.23. The van der Waals surface area contributed by atoms with Gasteiger partial charge in [0.25, 0.3) is 10.0 Å². The van der Waals surface area contributed by atoms with Gasteiger partial charge in [-0.2, -0.15) is 0 Å². The van der Waals surface area contributed by atoms with E-state index in [-0.39, 0.29) is 22.4 Å². The number of anilines is 1. The zero-order valence-corrected chi connectivity index (χ0v) is 18.3. The van der Waals surface area contributed by atoms with Crippen LogP contribution in [0.3, 0.4) is 0 Å². The van der Waals surface area contributed by atoms with Gasteiger partial charge in [-0.15, -0.1) is 11.3 Å². The number of aryl methyl sites for hydroxylation is 1. The third kappa shape index (κ3) is 6.04. The number of carbonyl (C=O) groups excluding carboxylic acids is 1. The van der Waals surface area contributed by atoms with E-state index in [0.29, 0.717) is 18.7 Å². The topological polar surface area (TPSA) is 97.4 Å². The monoisotopic (exact) mass is 445 g/mol. The fourth-order valence-electron chi connectivity index (χ4n) is 2.73. The van der Waals surface area contributed by atoms with Gasteiger partial charge in [0.15, 0.2) is 5.13 Å². The lowest BCUT2D eigenvalue weighted by molar-refractivity contribution is -0.120. The highest BCUT2D eigenvalue weighted by Gasteiger charge is 2.16. The summed E-state index contributed by atoms with van der Waals surface area (Å²) in [6, 6.07) is 14.2. The molecule has 7 nitrogen and oxygen atoms in total. The second kappa shape index (κ2) is 9.73. The van der Waals surface area contributed by atoms with E-state index in [4.69, 9.17) is 4.74 Å². The molecule has 0 saturated carbocycles. The van der Waals surface area contributed by atoms with Gasteiger partial charge in [-0.05, 0) is 43.2 Å². The number of methoxy groups -OCH3 is 1. The highest BCUT2D eigenvalue weighted by Crippen LogP contribution is 2.21. The molecule has 2 N–H and O–H groups in total. The fourth-order valence-corrected chi connectivity index (χ4v) is 4.69. The summed E-state index contributed by atoms with van der Waals surface area (Å²) in [6.45, 7) is 2.38. The molecule has 0 bridgehead atoms. The van der Waals surface area contributed by atoms with Crippen molar-refractivity contribution in [3.05, 3.63) is 70.7 Å². The molecule has 2 aromatic carbocycles. The van der Waals surface area contributed by atoms with Crippen LogP contribution in [-0.2, 0) is 27.7 Å². The van der Waals surface area contributed by atoms with Gasteiger partial charge < -0.3 is 10.1 Å². The van der Waals surface area contributed by atoms with E-state index in [9.17, 15) is 13.2 Å². The van der Waals surface area contributed by atoms with Gasteiger partial charge >= 0.3 is 0 Å². The number of sulfonamides is 1. The van der Waals surface area contributed by atoms with Crippen LogP contribution in [-0.4, -0.2) is 33.0 Å². The Morgan fingerprint density at radius 1 is 1.17 bits per heavy atom. The maximum absolute atomic E-state index is 12.4. The van der Waals surface area contributed by atoms with E-state index < -0.39 is 10.0 Å². The molecule has 3 aromatic rings. The molecular formula is C21H23N3O4S2. The first-order chi connectivity index (χ1) is 14.4. The number of carbonyl (C=O) groups is 1. The number of benzene rings is 2. The van der Waals surface area contributed by atoms with Crippen LogP contribution in [0, 0.1) is 6.92 Å². The lowest BCUT2D eigenvalue weighted by atomic mass is 10.1. The number of thiazole rings is 1. The average Bonchev–Trinajstić information content (AvgIpc) is 3.14. The molecule has 0 radical (unpaired) electrons. The van der Waals surface area contributed by atoms with Crippen LogP contribution in [0.1, 0.15) is 16.8 Å². The molecule has 1 aromatic heterocycles. The first kappa shape index (κ1) is 21.8. The highest BCUT2D eigenvalue weighted by molar-refractivity contribution is 7.93. The van der Waals surface area contributed by atoms with Crippen molar-refractivity contribution in [2.24, 2.45) is 0 Å². The Labute approximate surface area is 180 Å². The van der Waals surface area contributed by atoms with Gasteiger partial charge in [-0.3, -0.25) is 9.52 Å². The maximum Gasteiger partial charge on any atom is 0.263 e. The molecule has 30 heavy (non-hydrogen) atoms. The SMILES string of the molecule is COc1cccc(CCNC(=O)Cc2csc(NS(=O)(=O)c3ccc(C)cc3)n2)c1. The molecule has 1 heterocycles. The van der Waals surface area contributed by atoms with Crippen LogP contribution in [0.5, 0.6) is 5.75 Å². The Bertz CT molecular complexity index is 1110. The average molecular weight is 446 g/mol. The number of amides is 1. The number of aromatic nitrogens is 1. The quantitative estimate of drug-likeness (QED) is 0.527. The lowest BCUT2D eigenvalue weighted by Gasteiger charge is -2.06. The third-order valence-electron chi connectivity index (χ3n) is 4.32. The summed E-state index contributed by atoms with van der Waals surface area (Å²) in [5.74, 6) is 0.609. The summed E-state index contributed by atoms with van der Waals surface area (Å²) in [7, 11) is -2.09. The van der Waals surface area contributed by atoms with E-state index in [0.717, 1.165) is 28.2 Å². The lowest BCUT2D eigenvalue weighted by Crippen LogP contribution is -2.27. The molecule has 0 saturated heterocycles. The van der Waals surface area contributed by atoms with Crippen LogP contribution in [0.25, 0.3) is 0 Å². The smallest absolute Gasteiger partial charge is 0.263 e. The van der Waals surface area contributed by atoms with Crippen molar-refractivity contribution in [1.29, 1.82) is 0 Å². The zero-order valence-electron chi connectivity index (χ0n) is 16.7. The van der Waals surface area contributed by atoms with Gasteiger partial charge in [0.05, 0.1) is 24.1 Å². The Morgan fingerprint density at radius 2 is 1.93 bits per heavy atom. The Hall–Kier alpha value is -2.91. The van der Waals surface area contributed by atoms with Crippen LogP contribution >= 0.6 is 11.3 Å². The number of nitrogens with one attached hydrogen (secondary N) is 2. The highest BCUT2D eigenvalue weighted by atomic mass is 32.2. The Morgan fingerprint density at radius 3 is 2.67 bits per heavy atom. The van der Waals surface area contributed by atoms with E-state index >= 15 is 0 Å². The van der Waals surface area contributed by atoms with Crippen molar-refractivity contribution in [3.63, 3.8) is 0 Å². The van der Waals surface area contributed by atoms with Crippen LogP contribution in [0.4, 0.5) is 5.13 Å². The summed E-state index contributed by atoms with van der Waals surface area (Å²) in [6.07, 6.45) is 0.766. The molecule has 1 amide bonds. The van der Waals surface area contributed by atoms with Crippen molar-refractivity contribution in [2.75, 3.05) is 18.4 Å². The van der Waals surface area contributed by atoms with Gasteiger partial charge in [0.1, 0.15) is 5.75 Å². The molecule has 158 valence electrons. The largest absolute Gasteiger partial charge is 0.497 e. The fraction of sp³-hybridized carbons (Fsp3) is 0.238. The van der Waals surface area contributed by atoms with E-state index in [1.807, 2.05) is 31.2 Å². The first-order valence-electron chi connectivity index (χ1n) is 9.29. The standard InChI is InChI=1S/C21H23N3O4S2/c1-15-6-8-19(9-7-15)30(26,27)24-21-23-17(14-29-21)13-20(25)22-11-10-16-4-3-5-18(12-16)28-2/h3-9,12,14H,10-11,13H2,1-2H3,(H,22,25)(H,23,24). The first-order valence-corrected chi connectivity index (χ1v) is 11.7. The Kier molecular flexibility index (Phi) is 7.07. The zero-order chi connectivity index (χ0) is 21.6. The molecule has 0 aliphatic heterocycles. The van der Waals surface area contributed by atoms with Gasteiger partial charge in [-0.25, -0.2) is 13.4 Å². The van der Waals surface area contributed by atoms with Gasteiger partial charge in [0, 0.05) is 11.9 Å². The molecule has 0 aliphatic rings. The molecule has 9 heteroatoms. The van der Waals surface area contributed by atoms with Crippen LogP contribution < -0.4 is 14.8 Å². The molecule has 0 fully saturated rings. The number of hydrogen-bond acceptors (Lipinski definition) is 6. The Balaban J connectivity index is 1.50. The summed E-state index contributed by atoms with van der Waals surface area (Å²) in [5, 5.41) is 4.76. The van der Waals surface area contributed by atoms with Crippen molar-refractivity contribution in [2.45, 2.75) is 24.7 Å². The molecule has 0 atom stereocenters. The normalized spacial score (nSPS) is 11.1. The number of rotatable bonds is 9. The van der Waals surface area contributed by atoms with Crippen molar-refractivity contribution >= 4 is 32.4 Å². The molecule has 0 spiro atoms. The van der Waals surface area contributed by atoms with Crippen molar-refractivity contribution in [3.8, 4) is 5.75 Å².